The molecule has 0 aliphatic carbocycles. The SMILES string of the molecule is CCCCCCCCC/C=C/C(O)C(CO)NC(=O)CCCCCCCCCCCCCCCCC/C=C\C/C=C\CCCCCCCCCCCOC(=O)CCCCCCCCCCCCCCCCCCCC. The van der Waals surface area contributed by atoms with E-state index in [0.29, 0.717) is 19.4 Å². The standard InChI is InChI=1S/C69H131NO5/c1-3-5-7-9-11-13-14-15-16-17-34-37-40-43-47-51-55-59-63-69(74)75-64-60-56-52-48-44-41-38-35-32-30-28-26-24-22-20-18-19-21-23-25-27-29-31-33-36-39-42-46-50-54-58-62-68(73)70-66(65-71)67(72)61-57-53-49-45-12-10-8-6-4-2/h20,22,26,28,57,61,66-67,71-72H,3-19,21,23-25,27,29-56,58-60,62-65H2,1-2H3,(H,70,73)/b22-20-,28-26-,61-57+. The topological polar surface area (TPSA) is 95.9 Å². The lowest BCUT2D eigenvalue weighted by molar-refractivity contribution is -0.143. The largest absolute Gasteiger partial charge is 0.466 e. The van der Waals surface area contributed by atoms with Crippen LogP contribution in [0.3, 0.4) is 0 Å². The second kappa shape index (κ2) is 64.6. The number of amides is 1. The second-order valence-electron chi connectivity index (χ2n) is 23.2. The maximum atomic E-state index is 12.4. The number of hydrogen-bond donors (Lipinski definition) is 3. The van der Waals surface area contributed by atoms with Gasteiger partial charge in [0.15, 0.2) is 0 Å². The molecule has 0 saturated carbocycles. The smallest absolute Gasteiger partial charge is 0.305 e. The Morgan fingerprint density at radius 2 is 0.667 bits per heavy atom. The monoisotopic (exact) mass is 1050 g/mol. The van der Waals surface area contributed by atoms with Gasteiger partial charge in [-0.1, -0.05) is 326 Å². The molecule has 0 aromatic carbocycles. The van der Waals surface area contributed by atoms with Gasteiger partial charge in [-0.05, 0) is 64.2 Å². The maximum Gasteiger partial charge on any atom is 0.305 e. The highest BCUT2D eigenvalue weighted by Crippen LogP contribution is 2.18. The Morgan fingerprint density at radius 3 is 1.01 bits per heavy atom. The average molecular weight is 1050 g/mol. The van der Waals surface area contributed by atoms with E-state index in [9.17, 15) is 19.8 Å². The zero-order valence-electron chi connectivity index (χ0n) is 50.5. The van der Waals surface area contributed by atoms with Crippen LogP contribution in [0, 0.1) is 0 Å². The molecule has 0 heterocycles. The number of ether oxygens (including phenoxy) is 1. The summed E-state index contributed by atoms with van der Waals surface area (Å²) in [4.78, 5) is 24.5. The summed E-state index contributed by atoms with van der Waals surface area (Å²) < 4.78 is 5.50. The number of unbranched alkanes of at least 4 members (excludes halogenated alkanes) is 48. The summed E-state index contributed by atoms with van der Waals surface area (Å²) in [6.07, 6.45) is 82.3. The molecule has 442 valence electrons. The molecule has 2 unspecified atom stereocenters. The summed E-state index contributed by atoms with van der Waals surface area (Å²) in [5, 5.41) is 23.0. The van der Waals surface area contributed by atoms with Crippen LogP contribution >= 0.6 is 0 Å². The van der Waals surface area contributed by atoms with E-state index in [1.54, 1.807) is 6.08 Å². The molecule has 0 aromatic rings. The van der Waals surface area contributed by atoms with E-state index >= 15 is 0 Å². The van der Waals surface area contributed by atoms with Crippen LogP contribution in [0.2, 0.25) is 0 Å². The molecule has 0 aliphatic rings. The molecule has 0 aromatic heterocycles. The maximum absolute atomic E-state index is 12.4. The third kappa shape index (κ3) is 61.2. The van der Waals surface area contributed by atoms with Crippen molar-refractivity contribution >= 4 is 11.9 Å². The van der Waals surface area contributed by atoms with Crippen LogP contribution in [0.4, 0.5) is 0 Å². The van der Waals surface area contributed by atoms with Crippen molar-refractivity contribution in [1.29, 1.82) is 0 Å². The van der Waals surface area contributed by atoms with Gasteiger partial charge in [-0.2, -0.15) is 0 Å². The minimum absolute atomic E-state index is 0.0174. The predicted octanol–water partition coefficient (Wildman–Crippen LogP) is 21.5. The molecule has 0 aliphatic heterocycles. The van der Waals surface area contributed by atoms with Crippen molar-refractivity contribution in [3.63, 3.8) is 0 Å². The van der Waals surface area contributed by atoms with E-state index in [1.165, 1.54) is 295 Å². The Kier molecular flexibility index (Phi) is 63.0. The molecule has 0 fully saturated rings. The Labute approximate surface area is 468 Å². The number of hydrogen-bond acceptors (Lipinski definition) is 5. The van der Waals surface area contributed by atoms with E-state index in [0.717, 1.165) is 44.9 Å². The third-order valence-electron chi connectivity index (χ3n) is 15.7. The Bertz CT molecular complexity index is 1210. The number of allylic oxidation sites excluding steroid dienone is 5. The molecule has 6 nitrogen and oxygen atoms in total. The lowest BCUT2D eigenvalue weighted by Crippen LogP contribution is -2.45. The fourth-order valence-corrected chi connectivity index (χ4v) is 10.5. The lowest BCUT2D eigenvalue weighted by Gasteiger charge is -2.20. The number of aliphatic hydroxyl groups excluding tert-OH is 2. The van der Waals surface area contributed by atoms with Crippen LogP contribution in [-0.4, -0.2) is 47.4 Å². The minimum atomic E-state index is -0.842. The number of carbonyl (C=O) groups excluding carboxylic acids is 2. The molecular formula is C69H131NO5. The summed E-state index contributed by atoms with van der Waals surface area (Å²) in [6.45, 7) is 4.90. The van der Waals surface area contributed by atoms with Gasteiger partial charge in [-0.15, -0.1) is 0 Å². The van der Waals surface area contributed by atoms with Gasteiger partial charge in [-0.3, -0.25) is 9.59 Å². The quantitative estimate of drug-likeness (QED) is 0.0320. The first-order valence-corrected chi connectivity index (χ1v) is 33.8. The molecule has 6 heteroatoms. The van der Waals surface area contributed by atoms with Gasteiger partial charge in [0, 0.05) is 12.8 Å². The highest BCUT2D eigenvalue weighted by Gasteiger charge is 2.18. The van der Waals surface area contributed by atoms with Crippen LogP contribution < -0.4 is 5.32 Å². The minimum Gasteiger partial charge on any atom is -0.466 e. The first-order chi connectivity index (χ1) is 37.0. The van der Waals surface area contributed by atoms with Gasteiger partial charge in [0.05, 0.1) is 25.4 Å². The molecule has 3 N–H and O–H groups in total. The van der Waals surface area contributed by atoms with E-state index < -0.39 is 12.1 Å². The fourth-order valence-electron chi connectivity index (χ4n) is 10.5. The van der Waals surface area contributed by atoms with Crippen LogP contribution in [0.5, 0.6) is 0 Å². The third-order valence-corrected chi connectivity index (χ3v) is 15.7. The number of carbonyl (C=O) groups is 2. The zero-order valence-corrected chi connectivity index (χ0v) is 50.5. The summed E-state index contributed by atoms with van der Waals surface area (Å²) in [7, 11) is 0. The van der Waals surface area contributed by atoms with E-state index in [1.807, 2.05) is 6.08 Å². The summed E-state index contributed by atoms with van der Waals surface area (Å²) in [5.74, 6) is -0.0518. The second-order valence-corrected chi connectivity index (χ2v) is 23.2. The highest BCUT2D eigenvalue weighted by atomic mass is 16.5. The van der Waals surface area contributed by atoms with Crippen LogP contribution in [-0.2, 0) is 14.3 Å². The molecule has 2 atom stereocenters. The Hall–Kier alpha value is -1.92. The average Bonchev–Trinajstić information content (AvgIpc) is 3.41. The van der Waals surface area contributed by atoms with Gasteiger partial charge in [0.25, 0.3) is 0 Å². The van der Waals surface area contributed by atoms with E-state index in [-0.39, 0.29) is 18.5 Å². The number of nitrogens with one attached hydrogen (secondary N) is 1. The van der Waals surface area contributed by atoms with Crippen molar-refractivity contribution in [2.24, 2.45) is 0 Å². The fraction of sp³-hybridized carbons (Fsp3) is 0.884. The van der Waals surface area contributed by atoms with Gasteiger partial charge >= 0.3 is 5.97 Å². The molecule has 1 amide bonds. The summed E-state index contributed by atoms with van der Waals surface area (Å²) in [6, 6.07) is -0.625. The van der Waals surface area contributed by atoms with Gasteiger partial charge < -0.3 is 20.3 Å². The number of aliphatic hydroxyl groups is 2. The molecule has 0 radical (unpaired) electrons. The first kappa shape index (κ1) is 73.1. The van der Waals surface area contributed by atoms with Crippen molar-refractivity contribution in [2.45, 2.75) is 379 Å². The van der Waals surface area contributed by atoms with Gasteiger partial charge in [0.1, 0.15) is 0 Å². The Morgan fingerprint density at radius 1 is 0.373 bits per heavy atom. The molecular weight excluding hydrogens is 923 g/mol. The number of esters is 1. The molecule has 0 saturated heterocycles. The highest BCUT2D eigenvalue weighted by molar-refractivity contribution is 5.76. The van der Waals surface area contributed by atoms with Gasteiger partial charge in [0.2, 0.25) is 5.91 Å². The normalized spacial score (nSPS) is 12.7. The van der Waals surface area contributed by atoms with E-state index in [2.05, 4.69) is 43.5 Å². The van der Waals surface area contributed by atoms with Crippen LogP contribution in [0.1, 0.15) is 367 Å². The lowest BCUT2D eigenvalue weighted by atomic mass is 10.0. The molecule has 75 heavy (non-hydrogen) atoms. The van der Waals surface area contributed by atoms with Crippen molar-refractivity contribution < 1.29 is 24.5 Å². The first-order valence-electron chi connectivity index (χ1n) is 33.8. The molecule has 0 bridgehead atoms. The molecule has 0 rings (SSSR count). The van der Waals surface area contributed by atoms with Crippen molar-refractivity contribution in [3.8, 4) is 0 Å². The zero-order chi connectivity index (χ0) is 54.3. The summed E-state index contributed by atoms with van der Waals surface area (Å²) in [5.41, 5.74) is 0. The predicted molar refractivity (Wildman–Crippen MR) is 329 cm³/mol. The van der Waals surface area contributed by atoms with Crippen LogP contribution in [0.25, 0.3) is 0 Å². The summed E-state index contributed by atoms with van der Waals surface area (Å²) >= 11 is 0. The van der Waals surface area contributed by atoms with E-state index in [4.69, 9.17) is 4.74 Å². The van der Waals surface area contributed by atoms with Crippen molar-refractivity contribution in [2.75, 3.05) is 13.2 Å². The van der Waals surface area contributed by atoms with Gasteiger partial charge in [-0.25, -0.2) is 0 Å². The van der Waals surface area contributed by atoms with Crippen LogP contribution in [0.15, 0.2) is 36.5 Å². The molecule has 0 spiro atoms. The Balaban J connectivity index is 3.36. The van der Waals surface area contributed by atoms with Crippen molar-refractivity contribution in [3.05, 3.63) is 36.5 Å². The van der Waals surface area contributed by atoms with Crippen molar-refractivity contribution in [1.82, 2.24) is 5.32 Å². The number of rotatable bonds is 63.